The number of piperazine rings is 3. The fourth-order valence-corrected chi connectivity index (χ4v) is 3.49. The zero-order valence-electron chi connectivity index (χ0n) is 11.6. The van der Waals surface area contributed by atoms with Crippen LogP contribution >= 0.6 is 0 Å². The van der Waals surface area contributed by atoms with Crippen LogP contribution in [0.4, 0.5) is 0 Å². The molecular formula is C14H28N2O. The SMILES string of the molecule is CC(C)CC(C)CC(O)C1CN2CCN1CC2. The summed E-state index contributed by atoms with van der Waals surface area (Å²) in [4.78, 5) is 4.99. The monoisotopic (exact) mass is 240 g/mol. The molecule has 0 aromatic heterocycles. The van der Waals surface area contributed by atoms with E-state index in [1.54, 1.807) is 0 Å². The summed E-state index contributed by atoms with van der Waals surface area (Å²) in [7, 11) is 0. The molecule has 3 atom stereocenters. The van der Waals surface area contributed by atoms with Crippen molar-refractivity contribution in [3.8, 4) is 0 Å². The lowest BCUT2D eigenvalue weighted by molar-refractivity contribution is -0.0524. The second-order valence-electron chi connectivity index (χ2n) is 6.44. The molecule has 100 valence electrons. The normalized spacial score (nSPS) is 36.2. The topological polar surface area (TPSA) is 26.7 Å². The third-order valence-corrected chi connectivity index (χ3v) is 4.28. The van der Waals surface area contributed by atoms with E-state index in [9.17, 15) is 5.11 Å². The van der Waals surface area contributed by atoms with Gasteiger partial charge in [-0.25, -0.2) is 0 Å². The van der Waals surface area contributed by atoms with Crippen molar-refractivity contribution in [1.29, 1.82) is 0 Å². The number of aliphatic hydroxyl groups is 1. The van der Waals surface area contributed by atoms with Crippen molar-refractivity contribution in [2.75, 3.05) is 32.7 Å². The molecule has 3 aliphatic rings. The van der Waals surface area contributed by atoms with Gasteiger partial charge in [-0.2, -0.15) is 0 Å². The Hall–Kier alpha value is -0.120. The average Bonchev–Trinajstić information content (AvgIpc) is 2.29. The van der Waals surface area contributed by atoms with Crippen molar-refractivity contribution in [2.45, 2.75) is 45.8 Å². The van der Waals surface area contributed by atoms with Gasteiger partial charge >= 0.3 is 0 Å². The third-order valence-electron chi connectivity index (χ3n) is 4.28. The minimum atomic E-state index is -0.133. The highest BCUT2D eigenvalue weighted by atomic mass is 16.3. The standard InChI is InChI=1S/C14H28N2O/c1-11(2)8-12(3)9-14(17)13-10-15-4-6-16(13)7-5-15/h11-14,17H,4-10H2,1-3H3. The van der Waals surface area contributed by atoms with Crippen LogP contribution in [0.1, 0.15) is 33.6 Å². The molecule has 1 N–H and O–H groups in total. The molecule has 17 heavy (non-hydrogen) atoms. The van der Waals surface area contributed by atoms with E-state index in [2.05, 4.69) is 30.6 Å². The first-order chi connectivity index (χ1) is 8.06. The number of aliphatic hydroxyl groups excluding tert-OH is 1. The van der Waals surface area contributed by atoms with Crippen LogP contribution in [-0.2, 0) is 0 Å². The van der Waals surface area contributed by atoms with Crippen molar-refractivity contribution < 1.29 is 5.11 Å². The van der Waals surface area contributed by atoms with Crippen molar-refractivity contribution in [2.24, 2.45) is 11.8 Å². The Bertz CT molecular complexity index is 236. The van der Waals surface area contributed by atoms with E-state index in [-0.39, 0.29) is 6.10 Å². The summed E-state index contributed by atoms with van der Waals surface area (Å²) in [6, 6.07) is 0.395. The third kappa shape index (κ3) is 3.43. The summed E-state index contributed by atoms with van der Waals surface area (Å²) in [6.45, 7) is 12.6. The molecule has 0 saturated carbocycles. The number of fused-ring (bicyclic) bond motifs is 3. The zero-order chi connectivity index (χ0) is 12.4. The van der Waals surface area contributed by atoms with Gasteiger partial charge in [0.15, 0.2) is 0 Å². The van der Waals surface area contributed by atoms with Crippen LogP contribution < -0.4 is 0 Å². The molecule has 3 rings (SSSR count). The fraction of sp³-hybridized carbons (Fsp3) is 1.00. The molecule has 3 unspecified atom stereocenters. The van der Waals surface area contributed by atoms with Gasteiger partial charge in [-0.05, 0) is 24.7 Å². The average molecular weight is 240 g/mol. The Labute approximate surface area is 106 Å². The second kappa shape index (κ2) is 5.68. The van der Waals surface area contributed by atoms with Crippen molar-refractivity contribution in [3.63, 3.8) is 0 Å². The highest BCUT2D eigenvalue weighted by Gasteiger charge is 2.36. The van der Waals surface area contributed by atoms with E-state index in [0.29, 0.717) is 12.0 Å². The molecule has 0 radical (unpaired) electrons. The molecule has 3 fully saturated rings. The number of hydrogen-bond donors (Lipinski definition) is 1. The van der Waals surface area contributed by atoms with Gasteiger partial charge in [0, 0.05) is 38.8 Å². The van der Waals surface area contributed by atoms with Crippen LogP contribution in [0.5, 0.6) is 0 Å². The van der Waals surface area contributed by atoms with Crippen LogP contribution in [0.3, 0.4) is 0 Å². The van der Waals surface area contributed by atoms with Crippen LogP contribution in [-0.4, -0.2) is 59.8 Å². The fourth-order valence-electron chi connectivity index (χ4n) is 3.49. The lowest BCUT2D eigenvalue weighted by atomic mass is 9.89. The molecule has 3 heterocycles. The molecule has 2 bridgehead atoms. The summed E-state index contributed by atoms with van der Waals surface area (Å²) in [5.74, 6) is 1.38. The Balaban J connectivity index is 1.81. The largest absolute Gasteiger partial charge is 0.391 e. The van der Waals surface area contributed by atoms with Crippen molar-refractivity contribution in [1.82, 2.24) is 9.80 Å². The van der Waals surface area contributed by atoms with Gasteiger partial charge in [0.05, 0.1) is 6.10 Å². The van der Waals surface area contributed by atoms with Crippen LogP contribution in [0.15, 0.2) is 0 Å². The number of rotatable bonds is 5. The van der Waals surface area contributed by atoms with E-state index in [1.165, 1.54) is 19.5 Å². The molecule has 0 spiro atoms. The molecule has 0 aromatic carbocycles. The maximum atomic E-state index is 10.4. The first-order valence-electron chi connectivity index (χ1n) is 7.20. The van der Waals surface area contributed by atoms with Gasteiger partial charge in [-0.1, -0.05) is 20.8 Å². The second-order valence-corrected chi connectivity index (χ2v) is 6.44. The summed E-state index contributed by atoms with van der Waals surface area (Å²) in [5.41, 5.74) is 0. The Morgan fingerprint density at radius 2 is 1.71 bits per heavy atom. The van der Waals surface area contributed by atoms with E-state index < -0.39 is 0 Å². The number of nitrogens with zero attached hydrogens (tertiary/aromatic N) is 2. The minimum absolute atomic E-state index is 0.133. The summed E-state index contributed by atoms with van der Waals surface area (Å²) in [5, 5.41) is 10.4. The Morgan fingerprint density at radius 3 is 2.18 bits per heavy atom. The molecule has 0 aliphatic carbocycles. The molecule has 3 heteroatoms. The van der Waals surface area contributed by atoms with Crippen molar-refractivity contribution >= 4 is 0 Å². The van der Waals surface area contributed by atoms with E-state index >= 15 is 0 Å². The zero-order valence-corrected chi connectivity index (χ0v) is 11.6. The van der Waals surface area contributed by atoms with E-state index in [4.69, 9.17) is 0 Å². The quantitative estimate of drug-likeness (QED) is 0.787. The van der Waals surface area contributed by atoms with Crippen LogP contribution in [0, 0.1) is 11.8 Å². The maximum Gasteiger partial charge on any atom is 0.0710 e. The van der Waals surface area contributed by atoms with Gasteiger partial charge in [0.2, 0.25) is 0 Å². The molecule has 0 amide bonds. The van der Waals surface area contributed by atoms with Gasteiger partial charge < -0.3 is 5.11 Å². The molecule has 3 aliphatic heterocycles. The molecule has 3 saturated heterocycles. The lowest BCUT2D eigenvalue weighted by Crippen LogP contribution is -2.64. The lowest BCUT2D eigenvalue weighted by Gasteiger charge is -2.49. The highest BCUT2D eigenvalue weighted by Crippen LogP contribution is 2.24. The van der Waals surface area contributed by atoms with Gasteiger partial charge in [0.25, 0.3) is 0 Å². The Kier molecular flexibility index (Phi) is 4.45. The maximum absolute atomic E-state index is 10.4. The summed E-state index contributed by atoms with van der Waals surface area (Å²) < 4.78 is 0. The minimum Gasteiger partial charge on any atom is -0.391 e. The Morgan fingerprint density at radius 1 is 1.06 bits per heavy atom. The van der Waals surface area contributed by atoms with Crippen LogP contribution in [0.25, 0.3) is 0 Å². The molecular weight excluding hydrogens is 212 g/mol. The van der Waals surface area contributed by atoms with Gasteiger partial charge in [-0.15, -0.1) is 0 Å². The van der Waals surface area contributed by atoms with Crippen LogP contribution in [0.2, 0.25) is 0 Å². The molecule has 3 nitrogen and oxygen atoms in total. The van der Waals surface area contributed by atoms with Gasteiger partial charge in [-0.3, -0.25) is 9.80 Å². The van der Waals surface area contributed by atoms with E-state index in [0.717, 1.165) is 32.0 Å². The smallest absolute Gasteiger partial charge is 0.0710 e. The number of hydrogen-bond acceptors (Lipinski definition) is 3. The first kappa shape index (κ1) is 13.3. The van der Waals surface area contributed by atoms with Crippen molar-refractivity contribution in [3.05, 3.63) is 0 Å². The van der Waals surface area contributed by atoms with E-state index in [1.807, 2.05) is 0 Å². The van der Waals surface area contributed by atoms with Gasteiger partial charge in [0.1, 0.15) is 0 Å². The summed E-state index contributed by atoms with van der Waals surface area (Å²) in [6.07, 6.45) is 2.06. The predicted octanol–water partition coefficient (Wildman–Crippen LogP) is 1.42. The first-order valence-corrected chi connectivity index (χ1v) is 7.20. The highest BCUT2D eigenvalue weighted by molar-refractivity contribution is 4.92. The molecule has 0 aromatic rings. The summed E-state index contributed by atoms with van der Waals surface area (Å²) >= 11 is 0. The predicted molar refractivity (Wildman–Crippen MR) is 71.0 cm³/mol.